The van der Waals surface area contributed by atoms with E-state index in [1.807, 2.05) is 6.08 Å². The Labute approximate surface area is 187 Å². The van der Waals surface area contributed by atoms with E-state index in [-0.39, 0.29) is 11.8 Å². The van der Waals surface area contributed by atoms with Gasteiger partial charge in [-0.2, -0.15) is 0 Å². The summed E-state index contributed by atoms with van der Waals surface area (Å²) in [5.41, 5.74) is 3.82. The SMILES string of the molecule is CC1C=C(S(=O)(=O)c2ccc(Br)cc2)C=CC1Cc1ccc(C2=CCCC=C2)cc1. The average molecular weight is 481 g/mol. The van der Waals surface area contributed by atoms with Crippen molar-refractivity contribution in [1.29, 1.82) is 0 Å². The minimum atomic E-state index is -3.49. The molecule has 0 fully saturated rings. The summed E-state index contributed by atoms with van der Waals surface area (Å²) in [6.45, 7) is 2.09. The van der Waals surface area contributed by atoms with Crippen molar-refractivity contribution < 1.29 is 8.42 Å². The highest BCUT2D eigenvalue weighted by Crippen LogP contribution is 2.32. The van der Waals surface area contributed by atoms with Gasteiger partial charge in [-0.05, 0) is 78.1 Å². The quantitative estimate of drug-likeness (QED) is 0.465. The minimum absolute atomic E-state index is 0.152. The summed E-state index contributed by atoms with van der Waals surface area (Å²) in [5, 5.41) is 0. The topological polar surface area (TPSA) is 34.1 Å². The standard InChI is InChI=1S/C26H25BrO2S/c1-19-17-26(30(28,29)25-15-12-24(27)13-16-25)14-11-23(19)18-20-7-9-22(10-8-20)21-5-3-2-4-6-21/h3,5-17,19,23H,2,4,18H2,1H3. The molecule has 2 nitrogen and oxygen atoms in total. The van der Waals surface area contributed by atoms with Crippen molar-refractivity contribution >= 4 is 31.3 Å². The second-order valence-corrected chi connectivity index (χ2v) is 10.8. The van der Waals surface area contributed by atoms with Crippen molar-refractivity contribution in [3.8, 4) is 0 Å². The normalized spacial score (nSPS) is 21.3. The van der Waals surface area contributed by atoms with E-state index in [0.717, 1.165) is 23.7 Å². The van der Waals surface area contributed by atoms with Crippen LogP contribution < -0.4 is 0 Å². The van der Waals surface area contributed by atoms with Crippen LogP contribution in [0.3, 0.4) is 0 Å². The summed E-state index contributed by atoms with van der Waals surface area (Å²) in [7, 11) is -3.49. The van der Waals surface area contributed by atoms with Crippen LogP contribution in [0.2, 0.25) is 0 Å². The van der Waals surface area contributed by atoms with Crippen LogP contribution in [0.25, 0.3) is 5.57 Å². The molecular formula is C26H25BrO2S. The molecule has 0 aromatic heterocycles. The van der Waals surface area contributed by atoms with Crippen LogP contribution >= 0.6 is 15.9 Å². The van der Waals surface area contributed by atoms with Gasteiger partial charge < -0.3 is 0 Å². The lowest BCUT2D eigenvalue weighted by Crippen LogP contribution is -2.16. The van der Waals surface area contributed by atoms with Crippen molar-refractivity contribution in [3.63, 3.8) is 0 Å². The molecule has 0 spiro atoms. The first-order valence-corrected chi connectivity index (χ1v) is 12.6. The van der Waals surface area contributed by atoms with E-state index in [4.69, 9.17) is 0 Å². The lowest BCUT2D eigenvalue weighted by atomic mass is 9.84. The van der Waals surface area contributed by atoms with Crippen molar-refractivity contribution in [1.82, 2.24) is 0 Å². The van der Waals surface area contributed by atoms with Gasteiger partial charge in [0.15, 0.2) is 0 Å². The summed E-state index contributed by atoms with van der Waals surface area (Å²) in [5.74, 6) is 0.437. The second-order valence-electron chi connectivity index (χ2n) is 7.95. The molecule has 2 unspecified atom stereocenters. The van der Waals surface area contributed by atoms with Gasteiger partial charge in [-0.25, -0.2) is 8.42 Å². The lowest BCUT2D eigenvalue weighted by Gasteiger charge is -2.23. The summed E-state index contributed by atoms with van der Waals surface area (Å²) in [4.78, 5) is 0.717. The molecule has 0 saturated carbocycles. The summed E-state index contributed by atoms with van der Waals surface area (Å²) in [6.07, 6.45) is 15.6. The highest BCUT2D eigenvalue weighted by atomic mass is 79.9. The molecule has 4 heteroatoms. The first kappa shape index (κ1) is 21.1. The zero-order chi connectivity index (χ0) is 21.1. The van der Waals surface area contributed by atoms with E-state index in [0.29, 0.717) is 9.80 Å². The molecule has 0 aliphatic heterocycles. The zero-order valence-corrected chi connectivity index (χ0v) is 19.4. The van der Waals surface area contributed by atoms with Crippen LogP contribution in [0.15, 0.2) is 99.3 Å². The van der Waals surface area contributed by atoms with Crippen molar-refractivity contribution in [2.24, 2.45) is 11.8 Å². The van der Waals surface area contributed by atoms with Gasteiger partial charge in [0, 0.05) is 4.47 Å². The predicted molar refractivity (Wildman–Crippen MR) is 128 cm³/mol. The maximum atomic E-state index is 13.0. The molecule has 0 amide bonds. The van der Waals surface area contributed by atoms with E-state index >= 15 is 0 Å². The van der Waals surface area contributed by atoms with Gasteiger partial charge in [0.05, 0.1) is 9.80 Å². The molecular weight excluding hydrogens is 456 g/mol. The third-order valence-electron chi connectivity index (χ3n) is 5.80. The molecule has 0 radical (unpaired) electrons. The Bertz CT molecular complexity index is 1130. The number of hydrogen-bond acceptors (Lipinski definition) is 2. The van der Waals surface area contributed by atoms with Crippen molar-refractivity contribution in [3.05, 3.63) is 105 Å². The third kappa shape index (κ3) is 4.60. The van der Waals surface area contributed by atoms with Gasteiger partial charge in [0.2, 0.25) is 9.84 Å². The Balaban J connectivity index is 1.46. The van der Waals surface area contributed by atoms with Crippen LogP contribution in [0.5, 0.6) is 0 Å². The molecule has 154 valence electrons. The summed E-state index contributed by atoms with van der Waals surface area (Å²) >= 11 is 3.35. The van der Waals surface area contributed by atoms with E-state index in [9.17, 15) is 8.42 Å². The molecule has 30 heavy (non-hydrogen) atoms. The van der Waals surface area contributed by atoms with Gasteiger partial charge in [-0.3, -0.25) is 0 Å². The van der Waals surface area contributed by atoms with E-state index in [2.05, 4.69) is 71.4 Å². The number of allylic oxidation sites excluding steroid dienone is 7. The largest absolute Gasteiger partial charge is 0.219 e. The van der Waals surface area contributed by atoms with Crippen LogP contribution in [-0.4, -0.2) is 8.42 Å². The minimum Gasteiger partial charge on any atom is -0.219 e. The third-order valence-corrected chi connectivity index (χ3v) is 8.11. The maximum absolute atomic E-state index is 13.0. The molecule has 0 N–H and O–H groups in total. The molecule has 0 bridgehead atoms. The fraction of sp³-hybridized carbons (Fsp3) is 0.231. The number of rotatable bonds is 5. The zero-order valence-electron chi connectivity index (χ0n) is 17.0. The predicted octanol–water partition coefficient (Wildman–Crippen LogP) is 6.90. The van der Waals surface area contributed by atoms with E-state index in [1.165, 1.54) is 16.7 Å². The molecule has 2 aromatic rings. The molecule has 2 aliphatic rings. The van der Waals surface area contributed by atoms with Crippen LogP contribution in [0.4, 0.5) is 0 Å². The highest BCUT2D eigenvalue weighted by molar-refractivity contribution is 9.10. The monoisotopic (exact) mass is 480 g/mol. The summed E-state index contributed by atoms with van der Waals surface area (Å²) in [6, 6.07) is 15.6. The Kier molecular flexibility index (Phi) is 6.26. The number of benzene rings is 2. The number of halogens is 1. The molecule has 2 aromatic carbocycles. The van der Waals surface area contributed by atoms with Crippen LogP contribution in [-0.2, 0) is 16.3 Å². The van der Waals surface area contributed by atoms with Crippen LogP contribution in [0.1, 0.15) is 30.9 Å². The molecule has 0 heterocycles. The molecule has 4 rings (SSSR count). The average Bonchev–Trinajstić information content (AvgIpc) is 2.76. The second kappa shape index (κ2) is 8.91. The van der Waals surface area contributed by atoms with Crippen molar-refractivity contribution in [2.75, 3.05) is 0 Å². The lowest BCUT2D eigenvalue weighted by molar-refractivity contribution is 0.502. The summed E-state index contributed by atoms with van der Waals surface area (Å²) < 4.78 is 26.8. The first-order valence-electron chi connectivity index (χ1n) is 10.3. The fourth-order valence-corrected chi connectivity index (χ4v) is 5.63. The van der Waals surface area contributed by atoms with Gasteiger partial charge >= 0.3 is 0 Å². The van der Waals surface area contributed by atoms with Gasteiger partial charge in [0.25, 0.3) is 0 Å². The van der Waals surface area contributed by atoms with E-state index in [1.54, 1.807) is 30.3 Å². The van der Waals surface area contributed by atoms with Crippen molar-refractivity contribution in [2.45, 2.75) is 31.1 Å². The molecule has 2 atom stereocenters. The molecule has 0 saturated heterocycles. The fourth-order valence-electron chi connectivity index (χ4n) is 3.95. The smallest absolute Gasteiger partial charge is 0.206 e. The Morgan fingerprint density at radius 1 is 0.967 bits per heavy atom. The number of sulfone groups is 1. The maximum Gasteiger partial charge on any atom is 0.206 e. The first-order chi connectivity index (χ1) is 14.4. The Hall–Kier alpha value is -2.17. The molecule has 2 aliphatic carbocycles. The van der Waals surface area contributed by atoms with Gasteiger partial charge in [-0.1, -0.05) is 77.5 Å². The Morgan fingerprint density at radius 2 is 1.70 bits per heavy atom. The number of hydrogen-bond donors (Lipinski definition) is 0. The van der Waals surface area contributed by atoms with Gasteiger partial charge in [-0.15, -0.1) is 0 Å². The van der Waals surface area contributed by atoms with Crippen LogP contribution in [0, 0.1) is 11.8 Å². The highest BCUT2D eigenvalue weighted by Gasteiger charge is 2.25. The van der Waals surface area contributed by atoms with E-state index < -0.39 is 9.84 Å². The Morgan fingerprint density at radius 3 is 2.33 bits per heavy atom. The van der Waals surface area contributed by atoms with Gasteiger partial charge in [0.1, 0.15) is 0 Å².